The van der Waals surface area contributed by atoms with Crippen LogP contribution in [0.15, 0.2) is 18.2 Å². The molecule has 0 fully saturated rings. The lowest BCUT2D eigenvalue weighted by Crippen LogP contribution is -2.12. The second-order valence-corrected chi connectivity index (χ2v) is 3.59. The fourth-order valence-electron chi connectivity index (χ4n) is 1.42. The molecule has 0 bridgehead atoms. The zero-order valence-electron chi connectivity index (χ0n) is 9.49. The van der Waals surface area contributed by atoms with Crippen LogP contribution in [0.3, 0.4) is 0 Å². The number of nitrogens with two attached hydrogens (primary N) is 1. The summed E-state index contributed by atoms with van der Waals surface area (Å²) in [6, 6.07) is 6.07. The Kier molecular flexibility index (Phi) is 6.32. The molecule has 15 heavy (non-hydrogen) atoms. The molecule has 0 heterocycles. The number of methoxy groups -OCH3 is 1. The minimum atomic E-state index is 0. The van der Waals surface area contributed by atoms with E-state index >= 15 is 0 Å². The van der Waals surface area contributed by atoms with Crippen molar-refractivity contribution >= 4 is 12.4 Å². The standard InChI is InChI=1S/C11H18N2O.ClH/c1-13(2)8-10-6-9(7-12)4-5-11(10)14-3;/h4-6H,7-8,12H2,1-3H3;1H. The van der Waals surface area contributed by atoms with Gasteiger partial charge in [0.2, 0.25) is 0 Å². The molecule has 0 atom stereocenters. The van der Waals surface area contributed by atoms with Gasteiger partial charge in [0, 0.05) is 18.7 Å². The lowest BCUT2D eigenvalue weighted by Gasteiger charge is -2.14. The van der Waals surface area contributed by atoms with E-state index in [9.17, 15) is 0 Å². The quantitative estimate of drug-likeness (QED) is 0.855. The summed E-state index contributed by atoms with van der Waals surface area (Å²) in [5, 5.41) is 0. The zero-order valence-corrected chi connectivity index (χ0v) is 10.3. The smallest absolute Gasteiger partial charge is 0.123 e. The highest BCUT2D eigenvalue weighted by Crippen LogP contribution is 2.20. The van der Waals surface area contributed by atoms with Gasteiger partial charge < -0.3 is 15.4 Å². The number of ether oxygens (including phenoxy) is 1. The summed E-state index contributed by atoms with van der Waals surface area (Å²) < 4.78 is 5.28. The Bertz CT molecular complexity index is 303. The first-order chi connectivity index (χ1) is 6.67. The van der Waals surface area contributed by atoms with Crippen molar-refractivity contribution < 1.29 is 4.74 Å². The maximum atomic E-state index is 5.59. The molecule has 0 saturated carbocycles. The molecule has 0 aliphatic rings. The van der Waals surface area contributed by atoms with E-state index in [1.54, 1.807) is 7.11 Å². The molecule has 2 N–H and O–H groups in total. The van der Waals surface area contributed by atoms with Gasteiger partial charge in [-0.3, -0.25) is 0 Å². The van der Waals surface area contributed by atoms with E-state index in [2.05, 4.69) is 11.0 Å². The van der Waals surface area contributed by atoms with Crippen molar-refractivity contribution in [1.82, 2.24) is 4.90 Å². The first-order valence-corrected chi connectivity index (χ1v) is 4.68. The summed E-state index contributed by atoms with van der Waals surface area (Å²) in [5.74, 6) is 0.927. The monoisotopic (exact) mass is 230 g/mol. The van der Waals surface area contributed by atoms with Crippen LogP contribution in [-0.2, 0) is 13.1 Å². The Morgan fingerprint density at radius 3 is 2.47 bits per heavy atom. The molecular weight excluding hydrogens is 212 g/mol. The highest BCUT2D eigenvalue weighted by molar-refractivity contribution is 5.85. The molecule has 0 aromatic heterocycles. The zero-order chi connectivity index (χ0) is 10.6. The van der Waals surface area contributed by atoms with E-state index in [0.717, 1.165) is 17.9 Å². The van der Waals surface area contributed by atoms with Crippen LogP contribution in [0.2, 0.25) is 0 Å². The number of benzene rings is 1. The van der Waals surface area contributed by atoms with Crippen molar-refractivity contribution in [3.8, 4) is 5.75 Å². The van der Waals surface area contributed by atoms with Crippen LogP contribution in [0.25, 0.3) is 0 Å². The fraction of sp³-hybridized carbons (Fsp3) is 0.455. The maximum absolute atomic E-state index is 5.59. The average Bonchev–Trinajstić information content (AvgIpc) is 2.16. The van der Waals surface area contributed by atoms with E-state index in [1.807, 2.05) is 26.2 Å². The molecule has 3 nitrogen and oxygen atoms in total. The predicted octanol–water partition coefficient (Wildman–Crippen LogP) is 1.64. The third kappa shape index (κ3) is 4.08. The topological polar surface area (TPSA) is 38.5 Å². The van der Waals surface area contributed by atoms with Crippen LogP contribution in [0.1, 0.15) is 11.1 Å². The number of hydrogen-bond acceptors (Lipinski definition) is 3. The van der Waals surface area contributed by atoms with Crippen LogP contribution in [0, 0.1) is 0 Å². The fourth-order valence-corrected chi connectivity index (χ4v) is 1.42. The normalized spacial score (nSPS) is 9.93. The molecule has 0 radical (unpaired) electrons. The summed E-state index contributed by atoms with van der Waals surface area (Å²) >= 11 is 0. The van der Waals surface area contributed by atoms with Gasteiger partial charge >= 0.3 is 0 Å². The molecule has 0 aliphatic carbocycles. The van der Waals surface area contributed by atoms with E-state index in [-0.39, 0.29) is 12.4 Å². The molecule has 0 aliphatic heterocycles. The highest BCUT2D eigenvalue weighted by Gasteiger charge is 2.04. The summed E-state index contributed by atoms with van der Waals surface area (Å²) in [5.41, 5.74) is 7.91. The third-order valence-corrected chi connectivity index (χ3v) is 2.07. The summed E-state index contributed by atoms with van der Waals surface area (Å²) in [4.78, 5) is 2.11. The van der Waals surface area contributed by atoms with Crippen molar-refractivity contribution in [3.05, 3.63) is 29.3 Å². The van der Waals surface area contributed by atoms with Crippen LogP contribution >= 0.6 is 12.4 Å². The van der Waals surface area contributed by atoms with Crippen molar-refractivity contribution in [2.75, 3.05) is 21.2 Å². The van der Waals surface area contributed by atoms with E-state index in [4.69, 9.17) is 10.5 Å². The Morgan fingerprint density at radius 2 is 2.00 bits per heavy atom. The molecular formula is C11H19ClN2O. The molecule has 1 rings (SSSR count). The van der Waals surface area contributed by atoms with Gasteiger partial charge in [-0.1, -0.05) is 6.07 Å². The maximum Gasteiger partial charge on any atom is 0.123 e. The number of hydrogen-bond donors (Lipinski definition) is 1. The number of nitrogens with zero attached hydrogens (tertiary/aromatic N) is 1. The predicted molar refractivity (Wildman–Crippen MR) is 65.5 cm³/mol. The molecule has 4 heteroatoms. The molecule has 0 saturated heterocycles. The Labute approximate surface area is 97.6 Å². The second-order valence-electron chi connectivity index (χ2n) is 3.59. The Hall–Kier alpha value is -0.770. The minimum absolute atomic E-state index is 0. The van der Waals surface area contributed by atoms with E-state index in [0.29, 0.717) is 6.54 Å². The summed E-state index contributed by atoms with van der Waals surface area (Å²) in [6.45, 7) is 1.45. The SMILES string of the molecule is COc1ccc(CN)cc1CN(C)C.Cl. The van der Waals surface area contributed by atoms with Crippen molar-refractivity contribution in [2.24, 2.45) is 5.73 Å². The lowest BCUT2D eigenvalue weighted by molar-refractivity contribution is 0.371. The largest absolute Gasteiger partial charge is 0.496 e. The van der Waals surface area contributed by atoms with Gasteiger partial charge in [-0.2, -0.15) is 0 Å². The van der Waals surface area contributed by atoms with E-state index in [1.165, 1.54) is 5.56 Å². The highest BCUT2D eigenvalue weighted by atomic mass is 35.5. The van der Waals surface area contributed by atoms with Gasteiger partial charge in [-0.15, -0.1) is 12.4 Å². The third-order valence-electron chi connectivity index (χ3n) is 2.07. The van der Waals surface area contributed by atoms with Gasteiger partial charge in [0.25, 0.3) is 0 Å². The molecule has 1 aromatic rings. The van der Waals surface area contributed by atoms with Crippen molar-refractivity contribution in [3.63, 3.8) is 0 Å². The van der Waals surface area contributed by atoms with Crippen molar-refractivity contribution in [2.45, 2.75) is 13.1 Å². The first-order valence-electron chi connectivity index (χ1n) is 4.68. The molecule has 1 aromatic carbocycles. The summed E-state index contributed by atoms with van der Waals surface area (Å²) in [7, 11) is 5.76. The molecule has 86 valence electrons. The number of halogens is 1. The van der Waals surface area contributed by atoms with Crippen LogP contribution in [0.5, 0.6) is 5.75 Å². The molecule has 0 spiro atoms. The Morgan fingerprint density at radius 1 is 1.33 bits per heavy atom. The van der Waals surface area contributed by atoms with Crippen molar-refractivity contribution in [1.29, 1.82) is 0 Å². The van der Waals surface area contributed by atoms with Gasteiger partial charge in [-0.05, 0) is 31.8 Å². The summed E-state index contributed by atoms with van der Waals surface area (Å²) in [6.07, 6.45) is 0. The van der Waals surface area contributed by atoms with Gasteiger partial charge in [-0.25, -0.2) is 0 Å². The molecule has 0 unspecified atom stereocenters. The van der Waals surface area contributed by atoms with Crippen LogP contribution < -0.4 is 10.5 Å². The lowest BCUT2D eigenvalue weighted by atomic mass is 10.1. The van der Waals surface area contributed by atoms with Gasteiger partial charge in [0.1, 0.15) is 5.75 Å². The van der Waals surface area contributed by atoms with Crippen LogP contribution in [-0.4, -0.2) is 26.1 Å². The number of rotatable bonds is 4. The minimum Gasteiger partial charge on any atom is -0.496 e. The van der Waals surface area contributed by atoms with Gasteiger partial charge in [0.05, 0.1) is 7.11 Å². The average molecular weight is 231 g/mol. The van der Waals surface area contributed by atoms with Crippen LogP contribution in [0.4, 0.5) is 0 Å². The first kappa shape index (κ1) is 14.2. The second kappa shape index (κ2) is 6.67. The van der Waals surface area contributed by atoms with E-state index < -0.39 is 0 Å². The Balaban J connectivity index is 0.00000196. The van der Waals surface area contributed by atoms with Gasteiger partial charge in [0.15, 0.2) is 0 Å². The molecule has 0 amide bonds.